The minimum absolute atomic E-state index is 0.0110. The number of nitrogens with one attached hydrogen (secondary N) is 1. The average molecular weight is 527 g/mol. The zero-order valence-electron chi connectivity index (χ0n) is 17.0. The second-order valence-corrected chi connectivity index (χ2v) is 7.65. The zero-order valence-corrected chi connectivity index (χ0v) is 17.8. The van der Waals surface area contributed by atoms with Gasteiger partial charge in [-0.05, 0) is 42.5 Å². The second-order valence-electron chi connectivity index (χ2n) is 6.71. The van der Waals surface area contributed by atoms with Crippen molar-refractivity contribution in [3.8, 4) is 17.1 Å². The van der Waals surface area contributed by atoms with Crippen molar-refractivity contribution in [3.63, 3.8) is 0 Å². The number of benzene rings is 2. The van der Waals surface area contributed by atoms with Crippen molar-refractivity contribution < 1.29 is 44.7 Å². The Hall–Kier alpha value is -3.56. The highest BCUT2D eigenvalue weighted by atomic mass is 32.2. The number of aromatic nitrogens is 3. The van der Waals surface area contributed by atoms with Crippen molar-refractivity contribution in [2.24, 2.45) is 0 Å². The van der Waals surface area contributed by atoms with Crippen LogP contribution in [0.25, 0.3) is 11.4 Å². The summed E-state index contributed by atoms with van der Waals surface area (Å²) in [4.78, 5) is 12.2. The first-order valence-corrected chi connectivity index (χ1v) is 10.2. The van der Waals surface area contributed by atoms with E-state index in [1.165, 1.54) is 24.3 Å². The van der Waals surface area contributed by atoms with Crippen LogP contribution in [0.4, 0.5) is 40.8 Å². The summed E-state index contributed by atoms with van der Waals surface area (Å²) in [6, 6.07) is 5.91. The van der Waals surface area contributed by atoms with E-state index in [4.69, 9.17) is 5.84 Å². The highest BCUT2D eigenvalue weighted by Gasteiger charge is 2.37. The molecule has 1 heterocycles. The molecule has 0 unspecified atom stereocenters. The van der Waals surface area contributed by atoms with Crippen LogP contribution in [0.2, 0.25) is 0 Å². The number of nitrogens with zero attached hydrogens (tertiary/aromatic N) is 3. The van der Waals surface area contributed by atoms with E-state index in [2.05, 4.69) is 14.9 Å². The molecule has 16 heteroatoms. The molecule has 0 atom stereocenters. The molecule has 0 saturated carbocycles. The van der Waals surface area contributed by atoms with Gasteiger partial charge in [0.2, 0.25) is 11.1 Å². The Morgan fingerprint density at radius 2 is 1.57 bits per heavy atom. The van der Waals surface area contributed by atoms with Gasteiger partial charge in [0.25, 0.3) is 0 Å². The molecule has 35 heavy (non-hydrogen) atoms. The van der Waals surface area contributed by atoms with Gasteiger partial charge in [0.1, 0.15) is 5.75 Å². The number of nitrogen functional groups attached to an aromatic ring is 1. The lowest BCUT2D eigenvalue weighted by Crippen LogP contribution is -2.18. The van der Waals surface area contributed by atoms with Crippen molar-refractivity contribution in [1.29, 1.82) is 0 Å². The number of rotatable bonds is 7. The van der Waals surface area contributed by atoms with Gasteiger partial charge in [-0.25, -0.2) is 4.68 Å². The Kier molecular flexibility index (Phi) is 7.42. The third-order valence-electron chi connectivity index (χ3n) is 4.21. The van der Waals surface area contributed by atoms with E-state index in [0.29, 0.717) is 29.5 Å². The second kappa shape index (κ2) is 9.97. The van der Waals surface area contributed by atoms with Crippen molar-refractivity contribution >= 4 is 23.4 Å². The van der Waals surface area contributed by atoms with Crippen LogP contribution in [-0.2, 0) is 17.1 Å². The van der Waals surface area contributed by atoms with Crippen molar-refractivity contribution in [1.82, 2.24) is 14.9 Å². The maximum Gasteiger partial charge on any atom is 0.416 e. The van der Waals surface area contributed by atoms with Gasteiger partial charge in [0.05, 0.1) is 16.9 Å². The van der Waals surface area contributed by atoms with E-state index in [1.807, 2.05) is 5.32 Å². The summed E-state index contributed by atoms with van der Waals surface area (Å²) in [5.74, 6) is 4.44. The molecule has 0 spiro atoms. The van der Waals surface area contributed by atoms with Crippen LogP contribution >= 0.6 is 11.8 Å². The normalized spacial score (nSPS) is 12.1. The van der Waals surface area contributed by atoms with Crippen LogP contribution in [0.1, 0.15) is 11.1 Å². The van der Waals surface area contributed by atoms with Gasteiger partial charge in [0.15, 0.2) is 5.82 Å². The SMILES string of the molecule is Nn1c(SCC(=O)Nc2cc(C(F)(F)F)cc(C(F)(F)F)c2)nnc1-c1ccc(OC(F)F)cc1. The van der Waals surface area contributed by atoms with E-state index in [1.54, 1.807) is 0 Å². The number of anilines is 1. The monoisotopic (exact) mass is 527 g/mol. The van der Waals surface area contributed by atoms with Crippen LogP contribution in [0.3, 0.4) is 0 Å². The lowest BCUT2D eigenvalue weighted by Gasteiger charge is -2.14. The number of amides is 1. The van der Waals surface area contributed by atoms with E-state index < -0.39 is 47.4 Å². The average Bonchev–Trinajstić information content (AvgIpc) is 3.11. The summed E-state index contributed by atoms with van der Waals surface area (Å²) in [6.45, 7) is -3.01. The minimum atomic E-state index is -5.06. The number of halogens is 8. The van der Waals surface area contributed by atoms with Gasteiger partial charge in [-0.15, -0.1) is 10.2 Å². The molecule has 1 aromatic heterocycles. The zero-order chi connectivity index (χ0) is 26.0. The van der Waals surface area contributed by atoms with Crippen molar-refractivity contribution in [2.75, 3.05) is 16.9 Å². The van der Waals surface area contributed by atoms with Gasteiger partial charge in [0, 0.05) is 11.3 Å². The molecule has 2 aromatic carbocycles. The molecule has 0 fully saturated rings. The van der Waals surface area contributed by atoms with E-state index in [-0.39, 0.29) is 22.8 Å². The lowest BCUT2D eigenvalue weighted by atomic mass is 10.1. The topological polar surface area (TPSA) is 95.1 Å². The molecule has 3 aromatic rings. The van der Waals surface area contributed by atoms with Crippen molar-refractivity contribution in [2.45, 2.75) is 24.1 Å². The first-order valence-electron chi connectivity index (χ1n) is 9.22. The summed E-state index contributed by atoms with van der Waals surface area (Å²) in [6.07, 6.45) is -10.1. The highest BCUT2D eigenvalue weighted by Crippen LogP contribution is 2.37. The number of carbonyl (C=O) groups is 1. The van der Waals surface area contributed by atoms with Gasteiger partial charge in [-0.3, -0.25) is 4.79 Å². The smallest absolute Gasteiger partial charge is 0.416 e. The molecule has 0 aliphatic heterocycles. The molecule has 7 nitrogen and oxygen atoms in total. The molecule has 0 radical (unpaired) electrons. The molecule has 0 aliphatic carbocycles. The van der Waals surface area contributed by atoms with Gasteiger partial charge in [-0.2, -0.15) is 35.1 Å². The number of thioether (sulfide) groups is 1. The fourth-order valence-corrected chi connectivity index (χ4v) is 3.37. The molecule has 3 N–H and O–H groups in total. The lowest BCUT2D eigenvalue weighted by molar-refractivity contribution is -0.143. The molecule has 1 amide bonds. The predicted octanol–water partition coefficient (Wildman–Crippen LogP) is 5.03. The Labute approximate surface area is 195 Å². The number of ether oxygens (including phenoxy) is 1. The fraction of sp³-hybridized carbons (Fsp3) is 0.211. The Morgan fingerprint density at radius 3 is 2.09 bits per heavy atom. The van der Waals surface area contributed by atoms with Gasteiger partial charge in [-0.1, -0.05) is 11.8 Å². The molecule has 0 bridgehead atoms. The summed E-state index contributed by atoms with van der Waals surface area (Å²) >= 11 is 0.705. The largest absolute Gasteiger partial charge is 0.435 e. The summed E-state index contributed by atoms with van der Waals surface area (Å²) in [5, 5.41) is 9.54. The van der Waals surface area contributed by atoms with Crippen LogP contribution < -0.4 is 15.9 Å². The van der Waals surface area contributed by atoms with E-state index >= 15 is 0 Å². The third kappa shape index (κ3) is 6.74. The van der Waals surface area contributed by atoms with E-state index in [9.17, 15) is 39.9 Å². The van der Waals surface area contributed by atoms with Crippen LogP contribution in [0.5, 0.6) is 5.75 Å². The quantitative estimate of drug-likeness (QED) is 0.254. The molecular weight excluding hydrogens is 514 g/mol. The number of hydrogen-bond acceptors (Lipinski definition) is 6. The van der Waals surface area contributed by atoms with E-state index in [0.717, 1.165) is 4.68 Å². The third-order valence-corrected chi connectivity index (χ3v) is 5.15. The summed E-state index contributed by atoms with van der Waals surface area (Å²) < 4.78 is 107. The molecule has 188 valence electrons. The summed E-state index contributed by atoms with van der Waals surface area (Å²) in [5.41, 5.74) is -3.49. The van der Waals surface area contributed by atoms with Gasteiger partial charge < -0.3 is 15.9 Å². The molecule has 0 aliphatic rings. The minimum Gasteiger partial charge on any atom is -0.435 e. The fourth-order valence-electron chi connectivity index (χ4n) is 2.71. The number of nitrogens with two attached hydrogens (primary N) is 1. The first kappa shape index (κ1) is 26.1. The van der Waals surface area contributed by atoms with Gasteiger partial charge >= 0.3 is 19.0 Å². The Bertz CT molecular complexity index is 1160. The standard InChI is InChI=1S/C19H13F8N5O2S/c20-16(21)34-13-3-1-9(2-4-13)15-30-31-17(32(15)28)35-8-14(33)29-12-6-10(18(22,23)24)5-11(7-12)19(25,26)27/h1-7,16H,8,28H2,(H,29,33). The highest BCUT2D eigenvalue weighted by molar-refractivity contribution is 7.99. The number of carbonyl (C=O) groups excluding carboxylic acids is 1. The predicted molar refractivity (Wildman–Crippen MR) is 108 cm³/mol. The molecular formula is C19H13F8N5O2S. The number of alkyl halides is 8. The first-order chi connectivity index (χ1) is 16.2. The van der Waals surface area contributed by atoms with Crippen LogP contribution in [-0.4, -0.2) is 33.1 Å². The van der Waals surface area contributed by atoms with Crippen molar-refractivity contribution in [3.05, 3.63) is 53.6 Å². The maximum atomic E-state index is 13.0. The Morgan fingerprint density at radius 1 is 1.00 bits per heavy atom. The molecule has 0 saturated heterocycles. The van der Waals surface area contributed by atoms with Crippen LogP contribution in [0.15, 0.2) is 47.6 Å². The Balaban J connectivity index is 1.69. The summed E-state index contributed by atoms with van der Waals surface area (Å²) in [7, 11) is 0. The van der Waals surface area contributed by atoms with Crippen LogP contribution in [0, 0.1) is 0 Å². The number of hydrogen-bond donors (Lipinski definition) is 2. The maximum absolute atomic E-state index is 13.0. The molecule has 3 rings (SSSR count).